The third-order valence-electron chi connectivity index (χ3n) is 0.943. The van der Waals surface area contributed by atoms with Gasteiger partial charge in [-0.05, 0) is 0 Å². The zero-order chi connectivity index (χ0) is 5.86. The van der Waals surface area contributed by atoms with E-state index in [9.17, 15) is 0 Å². The summed E-state index contributed by atoms with van der Waals surface area (Å²) in [6.07, 6.45) is 0. The molecule has 0 spiro atoms. The van der Waals surface area contributed by atoms with Crippen molar-refractivity contribution in [3.63, 3.8) is 0 Å². The molecule has 0 aliphatic heterocycles. The summed E-state index contributed by atoms with van der Waals surface area (Å²) in [6.45, 7) is 9.30. The van der Waals surface area contributed by atoms with Gasteiger partial charge in [0.25, 0.3) is 0 Å². The van der Waals surface area contributed by atoms with Crippen LogP contribution in [0.3, 0.4) is 0 Å². The van der Waals surface area contributed by atoms with E-state index in [1.54, 1.807) is 0 Å². The lowest BCUT2D eigenvalue weighted by molar-refractivity contribution is 0.971. The molecule has 0 atom stereocenters. The van der Waals surface area contributed by atoms with Crippen molar-refractivity contribution in [2.75, 3.05) is 0 Å². The van der Waals surface area contributed by atoms with Crippen LogP contribution in [0.15, 0.2) is 0 Å². The van der Waals surface area contributed by atoms with Crippen LogP contribution in [0.1, 0.15) is 27.7 Å². The van der Waals surface area contributed by atoms with E-state index in [0.29, 0.717) is 0 Å². The number of hydrogen-bond acceptors (Lipinski definition) is 0. The molecule has 0 nitrogen and oxygen atoms in total. The first kappa shape index (κ1) is 7.77. The lowest BCUT2D eigenvalue weighted by Gasteiger charge is -2.01. The first-order valence-corrected chi connectivity index (χ1v) is 4.76. The Hall–Kier alpha value is 0.766. The van der Waals surface area contributed by atoms with Crippen molar-refractivity contribution in [2.45, 2.75) is 35.8 Å². The van der Waals surface area contributed by atoms with Gasteiger partial charge in [-0.3, -0.25) is 0 Å². The fourth-order valence-corrected chi connectivity index (χ4v) is 2.83. The van der Waals surface area contributed by atoms with Gasteiger partial charge in [0.2, 0.25) is 0 Å². The molecule has 7 heavy (non-hydrogen) atoms. The topological polar surface area (TPSA) is 0 Å². The van der Waals surface area contributed by atoms with Crippen molar-refractivity contribution in [1.29, 1.82) is 0 Å². The van der Waals surface area contributed by atoms with E-state index in [2.05, 4.69) is 27.7 Å². The number of rotatable bonds is 2. The van der Waals surface area contributed by atoms with Crippen molar-refractivity contribution in [1.82, 2.24) is 0 Å². The molecule has 0 amide bonds. The maximum absolute atomic E-state index is 2.33. The van der Waals surface area contributed by atoms with Gasteiger partial charge in [0.05, 0.1) is 0 Å². The number of hydrogen-bond donors (Lipinski definition) is 0. The highest BCUT2D eigenvalue weighted by molar-refractivity contribution is 6.38. The molecule has 0 bridgehead atoms. The molecule has 0 rings (SSSR count). The molecule has 0 fully saturated rings. The molecule has 40 valence electrons. The van der Waals surface area contributed by atoms with E-state index in [-0.39, 0.29) is 20.4 Å². The molecule has 0 saturated carbocycles. The molecule has 0 aromatic heterocycles. The minimum Gasteiger partial charge on any atom is -0.140 e. The van der Waals surface area contributed by atoms with E-state index in [4.69, 9.17) is 0 Å². The summed E-state index contributed by atoms with van der Waals surface area (Å²) >= 11 is 0.281. The van der Waals surface area contributed by atoms with Gasteiger partial charge in [0.15, 0.2) is 0 Å². The molecular weight excluding hydrogens is 96.4 g/mol. The Bertz CT molecular complexity index is 33.4. The Labute approximate surface area is 56.4 Å². The van der Waals surface area contributed by atoms with Crippen molar-refractivity contribution < 1.29 is 0 Å². The largest absolute Gasteiger partial charge is 0.371 e. The highest BCUT2D eigenvalue weighted by Gasteiger charge is 2.02. The Morgan fingerprint density at radius 2 is 1.14 bits per heavy atom. The average Bonchev–Trinajstić information content (AvgIpc) is 1.27. The Morgan fingerprint density at radius 3 is 1.14 bits per heavy atom. The zero-order valence-corrected chi connectivity index (χ0v) is 7.28. The average molecular weight is 110 g/mol. The lowest BCUT2D eigenvalue weighted by atomic mass is 10.5. The first-order valence-electron chi connectivity index (χ1n) is 3.13. The summed E-state index contributed by atoms with van der Waals surface area (Å²) in [6, 6.07) is 0. The first-order chi connectivity index (χ1) is 3.13. The quantitative estimate of drug-likeness (QED) is 0.479. The van der Waals surface area contributed by atoms with Crippen molar-refractivity contribution in [3.8, 4) is 0 Å². The Morgan fingerprint density at radius 1 is 0.857 bits per heavy atom. The van der Waals surface area contributed by atoms with Gasteiger partial charge >= 0.3 is 20.4 Å². The smallest absolute Gasteiger partial charge is 0.140 e. The van der Waals surface area contributed by atoms with Crippen LogP contribution in [0.4, 0.5) is 0 Å². The second-order valence-corrected chi connectivity index (χ2v) is 6.76. The molecule has 0 saturated heterocycles. The summed E-state index contributed by atoms with van der Waals surface area (Å²) < 4.78 is 2.03. The highest BCUT2D eigenvalue weighted by Crippen LogP contribution is 2.07. The van der Waals surface area contributed by atoms with Crippen LogP contribution >= 0.6 is 0 Å². The summed E-state index contributed by atoms with van der Waals surface area (Å²) in [7, 11) is 0. The summed E-state index contributed by atoms with van der Waals surface area (Å²) in [5, 5.41) is 0. The van der Waals surface area contributed by atoms with Gasteiger partial charge in [0, 0.05) is 0 Å². The van der Waals surface area contributed by atoms with Gasteiger partial charge in [0.1, 0.15) is 0 Å². The van der Waals surface area contributed by atoms with Crippen LogP contribution in [0.25, 0.3) is 0 Å². The molecule has 0 aliphatic rings. The Balaban J connectivity index is 2.95. The standard InChI is InChI=1S/2C3H7.Mg/c2*1-3-2;/h2*3H,1-2H3;. The lowest BCUT2D eigenvalue weighted by Crippen LogP contribution is -1.98. The molecule has 0 N–H and O–H groups in total. The van der Waals surface area contributed by atoms with Gasteiger partial charge in [-0.25, -0.2) is 0 Å². The maximum Gasteiger partial charge on any atom is 0.371 e. The predicted molar refractivity (Wildman–Crippen MR) is 35.9 cm³/mol. The zero-order valence-electron chi connectivity index (χ0n) is 5.86. The van der Waals surface area contributed by atoms with Crippen molar-refractivity contribution in [3.05, 3.63) is 0 Å². The molecular formula is C6H14Mg. The van der Waals surface area contributed by atoms with E-state index in [1.165, 1.54) is 0 Å². The van der Waals surface area contributed by atoms with E-state index >= 15 is 0 Å². The van der Waals surface area contributed by atoms with Crippen LogP contribution in [-0.2, 0) is 0 Å². The van der Waals surface area contributed by atoms with Gasteiger partial charge < -0.3 is 0 Å². The van der Waals surface area contributed by atoms with Gasteiger partial charge in [-0.2, -0.15) is 0 Å². The highest BCUT2D eigenvalue weighted by atomic mass is 24.5. The van der Waals surface area contributed by atoms with E-state index in [0.717, 1.165) is 8.09 Å². The third-order valence-corrected chi connectivity index (χ3v) is 2.83. The fraction of sp³-hybridized carbons (Fsp3) is 1.00. The minimum atomic E-state index is 0.281. The minimum absolute atomic E-state index is 0.281. The molecule has 1 heteroatoms. The molecule has 0 unspecified atom stereocenters. The Kier molecular flexibility index (Phi) is 4.14. The van der Waals surface area contributed by atoms with Crippen molar-refractivity contribution in [2.24, 2.45) is 0 Å². The van der Waals surface area contributed by atoms with Gasteiger partial charge in [-0.15, -0.1) is 8.09 Å². The van der Waals surface area contributed by atoms with Crippen LogP contribution in [0.2, 0.25) is 8.09 Å². The summed E-state index contributed by atoms with van der Waals surface area (Å²) in [5.41, 5.74) is 0. The molecule has 0 aliphatic carbocycles. The van der Waals surface area contributed by atoms with Gasteiger partial charge in [-0.1, -0.05) is 27.7 Å². The SMILES string of the molecule is C[CH](C)[Mg][CH](C)C. The normalized spacial score (nSPS) is 10.0. The van der Waals surface area contributed by atoms with Crippen LogP contribution in [-0.4, -0.2) is 20.4 Å². The second kappa shape index (κ2) is 3.73. The van der Waals surface area contributed by atoms with E-state index in [1.807, 2.05) is 0 Å². The maximum atomic E-state index is 2.33. The molecule has 0 aromatic rings. The predicted octanol–water partition coefficient (Wildman–Crippen LogP) is 2.35. The van der Waals surface area contributed by atoms with E-state index < -0.39 is 0 Å². The fourth-order valence-electron chi connectivity index (χ4n) is 0.943. The summed E-state index contributed by atoms with van der Waals surface area (Å²) in [4.78, 5) is 0. The summed E-state index contributed by atoms with van der Waals surface area (Å²) in [5.74, 6) is 0. The molecule has 0 radical (unpaired) electrons. The molecule has 0 aromatic carbocycles. The van der Waals surface area contributed by atoms with Crippen LogP contribution < -0.4 is 0 Å². The van der Waals surface area contributed by atoms with Crippen molar-refractivity contribution >= 4 is 20.4 Å². The monoisotopic (exact) mass is 110 g/mol. The molecule has 0 heterocycles. The van der Waals surface area contributed by atoms with Crippen LogP contribution in [0, 0.1) is 0 Å². The van der Waals surface area contributed by atoms with Crippen LogP contribution in [0.5, 0.6) is 0 Å². The third kappa shape index (κ3) is 6.77. The second-order valence-electron chi connectivity index (χ2n) is 3.02.